The molecule has 1 atom stereocenters. The molecule has 0 saturated carbocycles. The van der Waals surface area contributed by atoms with Gasteiger partial charge in [-0.25, -0.2) is 0 Å². The first kappa shape index (κ1) is 12.7. The highest BCUT2D eigenvalue weighted by Gasteiger charge is 2.30. The SMILES string of the molecule is CC/C(C)=N\N=C1\NC(=O)[C@@H](CC(=O)[O-])S1. The molecule has 7 heteroatoms. The maximum absolute atomic E-state index is 11.3. The molecule has 0 aromatic rings. The van der Waals surface area contributed by atoms with Crippen LogP contribution in [0.5, 0.6) is 0 Å². The predicted octanol–water partition coefficient (Wildman–Crippen LogP) is -0.500. The number of hydrogen-bond donors (Lipinski definition) is 1. The van der Waals surface area contributed by atoms with Crippen LogP contribution in [0.25, 0.3) is 0 Å². The van der Waals surface area contributed by atoms with Crippen LogP contribution in [-0.4, -0.2) is 28.0 Å². The Balaban J connectivity index is 2.62. The number of hydrogen-bond acceptors (Lipinski definition) is 6. The number of carboxylic acid groups (broad SMARTS) is 1. The fourth-order valence-electron chi connectivity index (χ4n) is 0.939. The molecule has 0 bridgehead atoms. The molecule has 0 spiro atoms. The molecule has 1 fully saturated rings. The van der Waals surface area contributed by atoms with Crippen LogP contribution < -0.4 is 10.4 Å². The molecule has 0 aromatic heterocycles. The highest BCUT2D eigenvalue weighted by Crippen LogP contribution is 2.21. The Bertz CT molecular complexity index is 365. The summed E-state index contributed by atoms with van der Waals surface area (Å²) in [5, 5.41) is 20.2. The molecule has 0 aromatic carbocycles. The zero-order valence-corrected chi connectivity index (χ0v) is 9.84. The van der Waals surface area contributed by atoms with E-state index in [1.807, 2.05) is 13.8 Å². The van der Waals surface area contributed by atoms with Crippen molar-refractivity contribution >= 4 is 34.5 Å². The average Bonchev–Trinajstić information content (AvgIpc) is 2.55. The second-order valence-corrected chi connectivity index (χ2v) is 4.46. The Kier molecular flexibility index (Phi) is 4.48. The number of rotatable bonds is 4. The van der Waals surface area contributed by atoms with E-state index in [9.17, 15) is 14.7 Å². The summed E-state index contributed by atoms with van der Waals surface area (Å²) in [7, 11) is 0. The van der Waals surface area contributed by atoms with Crippen molar-refractivity contribution < 1.29 is 14.7 Å². The molecule has 6 nitrogen and oxygen atoms in total. The summed E-state index contributed by atoms with van der Waals surface area (Å²) < 4.78 is 0. The zero-order valence-electron chi connectivity index (χ0n) is 9.02. The van der Waals surface area contributed by atoms with E-state index < -0.39 is 11.2 Å². The Morgan fingerprint density at radius 1 is 1.62 bits per heavy atom. The maximum atomic E-state index is 11.3. The van der Waals surface area contributed by atoms with Gasteiger partial charge in [0.15, 0.2) is 5.17 Å². The van der Waals surface area contributed by atoms with Crippen molar-refractivity contribution in [1.29, 1.82) is 0 Å². The Morgan fingerprint density at radius 3 is 2.88 bits per heavy atom. The Morgan fingerprint density at radius 2 is 2.31 bits per heavy atom. The summed E-state index contributed by atoms with van der Waals surface area (Å²) >= 11 is 1.06. The van der Waals surface area contributed by atoms with Gasteiger partial charge < -0.3 is 15.2 Å². The van der Waals surface area contributed by atoms with Crippen molar-refractivity contribution in [3.8, 4) is 0 Å². The molecule has 1 saturated heterocycles. The largest absolute Gasteiger partial charge is 0.550 e. The lowest BCUT2D eigenvalue weighted by Gasteiger charge is -2.04. The van der Waals surface area contributed by atoms with E-state index in [-0.39, 0.29) is 12.3 Å². The first-order chi connectivity index (χ1) is 7.52. The van der Waals surface area contributed by atoms with Gasteiger partial charge in [0.1, 0.15) is 0 Å². The summed E-state index contributed by atoms with van der Waals surface area (Å²) in [6.45, 7) is 3.77. The van der Waals surface area contributed by atoms with Gasteiger partial charge in [0, 0.05) is 18.1 Å². The van der Waals surface area contributed by atoms with Crippen LogP contribution in [0.4, 0.5) is 0 Å². The number of carboxylic acids is 1. The van der Waals surface area contributed by atoms with Crippen molar-refractivity contribution in [3.63, 3.8) is 0 Å². The minimum absolute atomic E-state index is 0.313. The number of aliphatic carboxylic acids is 1. The number of nitrogens with one attached hydrogen (secondary N) is 1. The quantitative estimate of drug-likeness (QED) is 0.531. The molecule has 1 amide bonds. The van der Waals surface area contributed by atoms with E-state index in [0.29, 0.717) is 5.17 Å². The fraction of sp³-hybridized carbons (Fsp3) is 0.556. The summed E-state index contributed by atoms with van der Waals surface area (Å²) in [6.07, 6.45) is 0.462. The molecule has 1 N–H and O–H groups in total. The van der Waals surface area contributed by atoms with E-state index >= 15 is 0 Å². The smallest absolute Gasteiger partial charge is 0.239 e. The fourth-order valence-corrected chi connectivity index (χ4v) is 1.84. The van der Waals surface area contributed by atoms with Gasteiger partial charge in [-0.05, 0) is 13.3 Å². The van der Waals surface area contributed by atoms with Gasteiger partial charge >= 0.3 is 0 Å². The molecule has 0 radical (unpaired) electrons. The van der Waals surface area contributed by atoms with Gasteiger partial charge in [-0.2, -0.15) is 5.10 Å². The van der Waals surface area contributed by atoms with Crippen LogP contribution in [0.15, 0.2) is 10.2 Å². The third-order valence-corrected chi connectivity index (χ3v) is 3.02. The predicted molar refractivity (Wildman–Crippen MR) is 60.0 cm³/mol. The van der Waals surface area contributed by atoms with E-state index in [4.69, 9.17) is 0 Å². The Hall–Kier alpha value is -1.37. The van der Waals surface area contributed by atoms with Crippen molar-refractivity contribution in [1.82, 2.24) is 5.32 Å². The van der Waals surface area contributed by atoms with Crippen molar-refractivity contribution in [2.45, 2.75) is 31.9 Å². The minimum atomic E-state index is -1.25. The van der Waals surface area contributed by atoms with Gasteiger partial charge in [-0.3, -0.25) is 4.79 Å². The van der Waals surface area contributed by atoms with Crippen molar-refractivity contribution in [2.75, 3.05) is 0 Å². The standard InChI is InChI=1S/C9H13N3O3S/c1-3-5(2)11-12-9-10-8(15)6(16-9)4-7(13)14/h6H,3-4H2,1-2H3,(H,13,14)(H,10,12,15)/p-1/b11-5-/t6-/m1/s1. The van der Waals surface area contributed by atoms with Crippen LogP contribution >= 0.6 is 11.8 Å². The topological polar surface area (TPSA) is 94.0 Å². The lowest BCUT2D eigenvalue weighted by atomic mass is 10.3. The summed E-state index contributed by atoms with van der Waals surface area (Å²) in [5.41, 5.74) is 0.839. The first-order valence-electron chi connectivity index (χ1n) is 4.81. The summed E-state index contributed by atoms with van der Waals surface area (Å²) in [6, 6.07) is 0. The molecule has 16 heavy (non-hydrogen) atoms. The summed E-state index contributed by atoms with van der Waals surface area (Å²) in [4.78, 5) is 21.6. The maximum Gasteiger partial charge on any atom is 0.239 e. The molecule has 0 unspecified atom stereocenters. The van der Waals surface area contributed by atoms with E-state index in [2.05, 4.69) is 15.5 Å². The number of carbonyl (C=O) groups excluding carboxylic acids is 2. The Labute approximate surface area is 97.2 Å². The van der Waals surface area contributed by atoms with Crippen LogP contribution in [0.2, 0.25) is 0 Å². The molecular formula is C9H12N3O3S-. The molecule has 1 heterocycles. The van der Waals surface area contributed by atoms with Crippen molar-refractivity contribution in [2.24, 2.45) is 10.2 Å². The van der Waals surface area contributed by atoms with Crippen LogP contribution in [0.3, 0.4) is 0 Å². The molecule has 0 aliphatic carbocycles. The highest BCUT2D eigenvalue weighted by atomic mass is 32.2. The van der Waals surface area contributed by atoms with Crippen LogP contribution in [0, 0.1) is 0 Å². The third-order valence-electron chi connectivity index (χ3n) is 1.95. The second kappa shape index (κ2) is 5.64. The molecule has 1 aliphatic rings. The lowest BCUT2D eigenvalue weighted by Crippen LogP contribution is -2.31. The second-order valence-electron chi connectivity index (χ2n) is 3.27. The number of thioether (sulfide) groups is 1. The van der Waals surface area contributed by atoms with E-state index in [1.165, 1.54) is 0 Å². The van der Waals surface area contributed by atoms with Gasteiger partial charge in [0.2, 0.25) is 5.91 Å². The third kappa shape index (κ3) is 3.65. The number of carbonyl (C=O) groups is 2. The lowest BCUT2D eigenvalue weighted by molar-refractivity contribution is -0.305. The van der Waals surface area contributed by atoms with E-state index in [0.717, 1.165) is 23.9 Å². The number of amides is 1. The molecular weight excluding hydrogens is 230 g/mol. The molecule has 88 valence electrons. The average molecular weight is 242 g/mol. The van der Waals surface area contributed by atoms with Crippen molar-refractivity contribution in [3.05, 3.63) is 0 Å². The first-order valence-corrected chi connectivity index (χ1v) is 5.69. The van der Waals surface area contributed by atoms with Gasteiger partial charge in [0.25, 0.3) is 0 Å². The normalized spacial score (nSPS) is 23.6. The number of nitrogens with zero attached hydrogens (tertiary/aromatic N) is 2. The summed E-state index contributed by atoms with van der Waals surface area (Å²) in [5.74, 6) is -1.61. The van der Waals surface area contributed by atoms with Gasteiger partial charge in [0.05, 0.1) is 5.25 Å². The zero-order chi connectivity index (χ0) is 12.1. The highest BCUT2D eigenvalue weighted by molar-refractivity contribution is 8.15. The number of amidine groups is 1. The monoisotopic (exact) mass is 242 g/mol. The van der Waals surface area contributed by atoms with Gasteiger partial charge in [-0.15, -0.1) is 5.10 Å². The van der Waals surface area contributed by atoms with Gasteiger partial charge in [-0.1, -0.05) is 18.7 Å². The van der Waals surface area contributed by atoms with E-state index in [1.54, 1.807) is 0 Å². The molecule has 1 aliphatic heterocycles. The van der Waals surface area contributed by atoms with Crippen LogP contribution in [-0.2, 0) is 9.59 Å². The molecule has 1 rings (SSSR count). The van der Waals surface area contributed by atoms with Crippen LogP contribution in [0.1, 0.15) is 26.7 Å². The minimum Gasteiger partial charge on any atom is -0.550 e.